The van der Waals surface area contributed by atoms with Crippen LogP contribution in [0.1, 0.15) is 10.4 Å². The first-order valence-corrected chi connectivity index (χ1v) is 3.49. The van der Waals surface area contributed by atoms with Crippen LogP contribution in [-0.2, 0) is 0 Å². The average molecular weight is 183 g/mol. The van der Waals surface area contributed by atoms with Gasteiger partial charge in [0.1, 0.15) is 5.53 Å². The molecule has 0 saturated carbocycles. The third-order valence-corrected chi connectivity index (χ3v) is 1.48. The van der Waals surface area contributed by atoms with Crippen LogP contribution in [0, 0.1) is 5.53 Å². The van der Waals surface area contributed by atoms with Crippen LogP contribution in [0.2, 0.25) is 0 Å². The van der Waals surface area contributed by atoms with Gasteiger partial charge in [-0.15, -0.1) is 0 Å². The number of carbonyl (C=O) groups is 1. The molecule has 1 aromatic carbocycles. The Kier molecular flexibility index (Phi) is 2.69. The Morgan fingerprint density at radius 1 is 1.42 bits per heavy atom. The molecule has 0 unspecified atom stereocenters. The molecule has 0 aliphatic carbocycles. The Hall–Kier alpha value is -1.51. The highest BCUT2D eigenvalue weighted by atomic mass is 35.5. The van der Waals surface area contributed by atoms with Crippen LogP contribution in [0.5, 0.6) is 0 Å². The van der Waals surface area contributed by atoms with Gasteiger partial charge in [0, 0.05) is 5.56 Å². The number of hydrogen-bond acceptors (Lipinski definition) is 3. The van der Waals surface area contributed by atoms with Crippen molar-refractivity contribution in [1.82, 2.24) is 4.91 Å². The predicted octanol–water partition coefficient (Wildman–Crippen LogP) is 2.25. The van der Waals surface area contributed by atoms with Crippen LogP contribution >= 0.6 is 11.6 Å². The van der Waals surface area contributed by atoms with E-state index in [0.717, 1.165) is 0 Å². The molecule has 1 aromatic rings. The summed E-state index contributed by atoms with van der Waals surface area (Å²) in [5, 5.41) is 2.93. The van der Waals surface area contributed by atoms with Crippen molar-refractivity contribution >= 4 is 22.5 Å². The van der Waals surface area contributed by atoms with E-state index in [1.165, 1.54) is 12.1 Å². The Labute approximate surface area is 73.4 Å². The minimum atomic E-state index is -0.510. The minimum Gasteiger partial charge on any atom is -0.276 e. The van der Waals surface area contributed by atoms with Crippen molar-refractivity contribution in [2.45, 2.75) is 0 Å². The van der Waals surface area contributed by atoms with E-state index in [0.29, 0.717) is 11.3 Å². The third kappa shape index (κ3) is 1.99. The maximum atomic E-state index is 10.6. The first-order chi connectivity index (χ1) is 5.74. The van der Waals surface area contributed by atoms with Crippen molar-refractivity contribution in [3.05, 3.63) is 29.8 Å². The molecule has 12 heavy (non-hydrogen) atoms. The molecule has 1 rings (SSSR count). The zero-order valence-electron chi connectivity index (χ0n) is 5.99. The van der Waals surface area contributed by atoms with Gasteiger partial charge in [-0.05, 0) is 35.9 Å². The molecule has 1 N–H and O–H groups in total. The fourth-order valence-corrected chi connectivity index (χ4v) is 0.843. The van der Waals surface area contributed by atoms with Gasteiger partial charge in [0.2, 0.25) is 4.91 Å². The Bertz CT molecular complexity index is 319. The molecular weight excluding hydrogens is 178 g/mol. The van der Waals surface area contributed by atoms with E-state index in [4.69, 9.17) is 17.1 Å². The molecule has 4 nitrogen and oxygen atoms in total. The van der Waals surface area contributed by atoms with E-state index in [1.54, 1.807) is 12.1 Å². The lowest BCUT2D eigenvalue weighted by Crippen LogP contribution is -1.85. The summed E-state index contributed by atoms with van der Waals surface area (Å²) in [6.45, 7) is 0. The summed E-state index contributed by atoms with van der Waals surface area (Å²) in [6, 6.07) is 6.18. The lowest BCUT2D eigenvalue weighted by molar-refractivity contribution is 0.108. The first kappa shape index (κ1) is 8.59. The van der Waals surface area contributed by atoms with Crippen molar-refractivity contribution in [3.8, 4) is 0 Å². The summed E-state index contributed by atoms with van der Waals surface area (Å²) < 4.78 is 0. The van der Waals surface area contributed by atoms with Gasteiger partial charge in [-0.1, -0.05) is 0 Å². The number of rotatable bonds is 2. The lowest BCUT2D eigenvalue weighted by Gasteiger charge is -1.89. The molecule has 0 aliphatic rings. The highest BCUT2D eigenvalue weighted by Gasteiger charge is 2.01. The number of hydrogen-bond donors (Lipinski definition) is 1. The van der Waals surface area contributed by atoms with Crippen molar-refractivity contribution in [2.75, 3.05) is 0 Å². The topological polar surface area (TPSA) is 67.4 Å². The monoisotopic (exact) mass is 182 g/mol. The lowest BCUT2D eigenvalue weighted by atomic mass is 10.2. The van der Waals surface area contributed by atoms with E-state index in [2.05, 4.69) is 10.0 Å². The molecule has 0 saturated heterocycles. The second-order valence-corrected chi connectivity index (χ2v) is 2.36. The third-order valence-electron chi connectivity index (χ3n) is 1.26. The molecule has 0 aromatic heterocycles. The fourth-order valence-electron chi connectivity index (χ4n) is 0.717. The summed E-state index contributed by atoms with van der Waals surface area (Å²) in [7, 11) is 0. The largest absolute Gasteiger partial charge is 0.276 e. The van der Waals surface area contributed by atoms with Crippen molar-refractivity contribution in [1.29, 1.82) is 5.53 Å². The van der Waals surface area contributed by atoms with Crippen molar-refractivity contribution in [2.24, 2.45) is 5.11 Å². The Balaban J connectivity index is 3.00. The van der Waals surface area contributed by atoms with Gasteiger partial charge in [-0.2, -0.15) is 0 Å². The Morgan fingerprint density at radius 2 is 2.00 bits per heavy atom. The summed E-state index contributed by atoms with van der Waals surface area (Å²) in [4.78, 5) is 13.4. The molecule has 0 bridgehead atoms. The maximum absolute atomic E-state index is 10.6. The van der Waals surface area contributed by atoms with E-state index in [1.807, 2.05) is 0 Å². The normalized spacial score (nSPS) is 8.75. The molecule has 0 heterocycles. The van der Waals surface area contributed by atoms with Gasteiger partial charge in [-0.3, -0.25) is 4.79 Å². The molecule has 0 fully saturated rings. The predicted molar refractivity (Wildman–Crippen MR) is 43.6 cm³/mol. The molecule has 0 spiro atoms. The quantitative estimate of drug-likeness (QED) is 0.426. The summed E-state index contributed by atoms with van der Waals surface area (Å²) >= 11 is 5.20. The zero-order chi connectivity index (χ0) is 8.97. The molecule has 0 atom stereocenters. The SMILES string of the molecule is N=[N+]=Nc1ccc(C(=O)Cl)cc1. The van der Waals surface area contributed by atoms with Crippen LogP contribution in [0.3, 0.4) is 0 Å². The number of nitrogens with zero attached hydrogens (tertiary/aromatic N) is 2. The first-order valence-electron chi connectivity index (χ1n) is 3.11. The van der Waals surface area contributed by atoms with Gasteiger partial charge in [0.05, 0.1) is 0 Å². The second-order valence-electron chi connectivity index (χ2n) is 2.02. The fraction of sp³-hybridized carbons (Fsp3) is 0. The molecule has 0 aliphatic heterocycles. The summed E-state index contributed by atoms with van der Waals surface area (Å²) in [6.07, 6.45) is 0. The van der Waals surface area contributed by atoms with E-state index in [-0.39, 0.29) is 0 Å². The van der Waals surface area contributed by atoms with Crippen LogP contribution < -0.4 is 4.91 Å². The zero-order valence-corrected chi connectivity index (χ0v) is 6.75. The standard InChI is InChI=1S/C7H5ClN3O/c8-7(12)5-1-3-6(4-2-5)10-11-9/h1-4,9H/q+1. The Morgan fingerprint density at radius 3 is 2.42 bits per heavy atom. The number of nitrogens with one attached hydrogen (secondary N) is 1. The van der Waals surface area contributed by atoms with Gasteiger partial charge < -0.3 is 0 Å². The van der Waals surface area contributed by atoms with Crippen molar-refractivity contribution in [3.63, 3.8) is 0 Å². The van der Waals surface area contributed by atoms with E-state index < -0.39 is 5.24 Å². The van der Waals surface area contributed by atoms with Crippen LogP contribution in [0.25, 0.3) is 0 Å². The number of carbonyl (C=O) groups excluding carboxylic acids is 1. The molecule has 0 amide bonds. The molecule has 0 radical (unpaired) electrons. The molecule has 60 valence electrons. The van der Waals surface area contributed by atoms with Crippen LogP contribution in [0.15, 0.2) is 29.4 Å². The van der Waals surface area contributed by atoms with Crippen LogP contribution in [-0.4, -0.2) is 5.24 Å². The minimum absolute atomic E-state index is 0.403. The maximum Gasteiger partial charge on any atom is 0.252 e. The summed E-state index contributed by atoms with van der Waals surface area (Å²) in [5.74, 6) is 0. The highest BCUT2D eigenvalue weighted by Crippen LogP contribution is 2.12. The van der Waals surface area contributed by atoms with Gasteiger partial charge in [0.15, 0.2) is 10.8 Å². The average Bonchev–Trinajstić information content (AvgIpc) is 2.06. The highest BCUT2D eigenvalue weighted by molar-refractivity contribution is 6.67. The van der Waals surface area contributed by atoms with E-state index in [9.17, 15) is 4.79 Å². The van der Waals surface area contributed by atoms with Gasteiger partial charge >= 0.3 is 0 Å². The second kappa shape index (κ2) is 3.76. The smallest absolute Gasteiger partial charge is 0.252 e. The summed E-state index contributed by atoms with van der Waals surface area (Å²) in [5.41, 5.74) is 7.37. The van der Waals surface area contributed by atoms with Gasteiger partial charge in [0.25, 0.3) is 5.24 Å². The van der Waals surface area contributed by atoms with Crippen LogP contribution in [0.4, 0.5) is 5.69 Å². The number of benzene rings is 1. The van der Waals surface area contributed by atoms with Gasteiger partial charge in [-0.25, -0.2) is 0 Å². The molecular formula is C7H5ClN3O+. The number of halogens is 1. The van der Waals surface area contributed by atoms with Crippen molar-refractivity contribution < 1.29 is 4.79 Å². The molecule has 5 heteroatoms. The van der Waals surface area contributed by atoms with E-state index >= 15 is 0 Å².